The van der Waals surface area contributed by atoms with Gasteiger partial charge in [-0.25, -0.2) is 5.43 Å². The number of benzene rings is 1. The van der Waals surface area contributed by atoms with E-state index in [0.29, 0.717) is 38.5 Å². The van der Waals surface area contributed by atoms with Crippen LogP contribution in [0.4, 0.5) is 0 Å². The Hall–Kier alpha value is -2.77. The quantitative estimate of drug-likeness (QED) is 0.709. The minimum absolute atomic E-state index is 0.0910. The Morgan fingerprint density at radius 3 is 2.55 bits per heavy atom. The molecule has 0 aliphatic carbocycles. The number of nitrogens with one attached hydrogen (secondary N) is 2. The van der Waals surface area contributed by atoms with Gasteiger partial charge in [-0.15, -0.1) is 0 Å². The fourth-order valence-electron chi connectivity index (χ4n) is 4.76. The average molecular weight is 450 g/mol. The van der Waals surface area contributed by atoms with E-state index in [2.05, 4.69) is 53.9 Å². The number of hydrazine groups is 1. The molecule has 2 aliphatic heterocycles. The summed E-state index contributed by atoms with van der Waals surface area (Å²) in [6, 6.07) is 12.3. The summed E-state index contributed by atoms with van der Waals surface area (Å²) in [5, 5.41) is 0. The van der Waals surface area contributed by atoms with Crippen LogP contribution in [0.5, 0.6) is 0 Å². The van der Waals surface area contributed by atoms with E-state index < -0.39 is 0 Å². The average Bonchev–Trinajstić information content (AvgIpc) is 3.28. The molecule has 3 unspecified atom stereocenters. The molecule has 2 aromatic rings. The zero-order valence-corrected chi connectivity index (χ0v) is 19.8. The van der Waals surface area contributed by atoms with E-state index in [1.807, 2.05) is 35.1 Å². The van der Waals surface area contributed by atoms with Crippen LogP contribution in [0.1, 0.15) is 32.8 Å². The van der Waals surface area contributed by atoms with E-state index in [4.69, 9.17) is 0 Å². The van der Waals surface area contributed by atoms with Crippen LogP contribution >= 0.6 is 0 Å². The van der Waals surface area contributed by atoms with Crippen molar-refractivity contribution in [1.82, 2.24) is 25.6 Å². The highest BCUT2D eigenvalue weighted by molar-refractivity contribution is 5.85. The van der Waals surface area contributed by atoms with Crippen LogP contribution in [-0.4, -0.2) is 64.9 Å². The monoisotopic (exact) mass is 449 g/mol. The Labute approximate surface area is 196 Å². The fraction of sp³-hybridized carbons (Fsp3) is 0.500. The van der Waals surface area contributed by atoms with Gasteiger partial charge in [0.2, 0.25) is 11.8 Å². The first kappa shape index (κ1) is 23.4. The summed E-state index contributed by atoms with van der Waals surface area (Å²) in [6.07, 6.45) is 5.01. The highest BCUT2D eigenvalue weighted by Crippen LogP contribution is 2.23. The number of rotatable bonds is 6. The molecule has 3 heterocycles. The maximum atomic E-state index is 13.3. The molecular weight excluding hydrogens is 414 g/mol. The summed E-state index contributed by atoms with van der Waals surface area (Å²) >= 11 is 0. The third-order valence-electron chi connectivity index (χ3n) is 6.90. The standard InChI is InChI=1S/C26H35N5O2/c1-4-30-12-13-31(26(33)24-15-23(18(2)3)28-29-24)17-22(25(30)32)14-19-7-9-20(10-8-19)21-6-5-11-27-16-21/h5-11,16,18,22-24,28-29H,4,12-15,17H2,1-3H3. The number of carbonyl (C=O) groups excluding carboxylic acids is 2. The predicted octanol–water partition coefficient (Wildman–Crippen LogP) is 2.49. The van der Waals surface area contributed by atoms with E-state index in [0.717, 1.165) is 23.1 Å². The van der Waals surface area contributed by atoms with Gasteiger partial charge < -0.3 is 9.80 Å². The molecule has 2 fully saturated rings. The Morgan fingerprint density at radius 1 is 1.12 bits per heavy atom. The molecule has 2 saturated heterocycles. The van der Waals surface area contributed by atoms with Crippen molar-refractivity contribution in [3.63, 3.8) is 0 Å². The van der Waals surface area contributed by atoms with E-state index in [9.17, 15) is 9.59 Å². The molecule has 2 aliphatic rings. The Bertz CT molecular complexity index is 947. The number of hydrogen-bond donors (Lipinski definition) is 2. The third-order valence-corrected chi connectivity index (χ3v) is 6.90. The zero-order valence-electron chi connectivity index (χ0n) is 19.8. The molecule has 2 amide bonds. The molecule has 7 nitrogen and oxygen atoms in total. The van der Waals surface area contributed by atoms with E-state index in [1.54, 1.807) is 6.20 Å². The molecule has 2 N–H and O–H groups in total. The molecule has 176 valence electrons. The number of nitrogens with zero attached hydrogens (tertiary/aromatic N) is 3. The van der Waals surface area contributed by atoms with Crippen molar-refractivity contribution < 1.29 is 9.59 Å². The maximum Gasteiger partial charge on any atom is 0.241 e. The van der Waals surface area contributed by atoms with Gasteiger partial charge in [0.25, 0.3) is 0 Å². The van der Waals surface area contributed by atoms with Gasteiger partial charge in [0.15, 0.2) is 0 Å². The van der Waals surface area contributed by atoms with Crippen LogP contribution in [-0.2, 0) is 16.0 Å². The summed E-state index contributed by atoms with van der Waals surface area (Å²) < 4.78 is 0. The van der Waals surface area contributed by atoms with Crippen molar-refractivity contribution in [2.24, 2.45) is 11.8 Å². The zero-order chi connectivity index (χ0) is 23.4. The SMILES string of the molecule is CCN1CCN(C(=O)C2CC(C(C)C)NN2)CC(Cc2ccc(-c3cccnc3)cc2)C1=O. The van der Waals surface area contributed by atoms with Crippen molar-refractivity contribution in [2.45, 2.75) is 45.7 Å². The van der Waals surface area contributed by atoms with Crippen molar-refractivity contribution in [1.29, 1.82) is 0 Å². The number of likely N-dealkylation sites (N-methyl/N-ethyl adjacent to an activating group) is 1. The summed E-state index contributed by atoms with van der Waals surface area (Å²) in [6.45, 7) is 8.62. The van der Waals surface area contributed by atoms with Gasteiger partial charge in [-0.3, -0.25) is 20.0 Å². The number of hydrogen-bond acceptors (Lipinski definition) is 5. The van der Waals surface area contributed by atoms with E-state index in [1.165, 1.54) is 0 Å². The van der Waals surface area contributed by atoms with Gasteiger partial charge in [0, 0.05) is 44.6 Å². The molecular formula is C26H35N5O2. The second kappa shape index (κ2) is 10.4. The van der Waals surface area contributed by atoms with Crippen molar-refractivity contribution in [3.8, 4) is 11.1 Å². The largest absolute Gasteiger partial charge is 0.341 e. The maximum absolute atomic E-state index is 13.3. The summed E-state index contributed by atoms with van der Waals surface area (Å²) in [7, 11) is 0. The van der Waals surface area contributed by atoms with Crippen LogP contribution in [0.25, 0.3) is 11.1 Å². The molecule has 0 bridgehead atoms. The fourth-order valence-corrected chi connectivity index (χ4v) is 4.76. The number of aromatic nitrogens is 1. The van der Waals surface area contributed by atoms with Crippen LogP contribution in [0.2, 0.25) is 0 Å². The second-order valence-corrected chi connectivity index (χ2v) is 9.47. The summed E-state index contributed by atoms with van der Waals surface area (Å²) in [4.78, 5) is 34.5. The van der Waals surface area contributed by atoms with Crippen LogP contribution in [0.15, 0.2) is 48.8 Å². The van der Waals surface area contributed by atoms with Gasteiger partial charge in [0.1, 0.15) is 6.04 Å². The Balaban J connectivity index is 1.47. The minimum atomic E-state index is -0.240. The first-order chi connectivity index (χ1) is 16.0. The number of amides is 2. The first-order valence-corrected chi connectivity index (χ1v) is 12.0. The van der Waals surface area contributed by atoms with Crippen molar-refractivity contribution >= 4 is 11.8 Å². The number of carbonyl (C=O) groups is 2. The lowest BCUT2D eigenvalue weighted by Crippen LogP contribution is -2.48. The first-order valence-electron chi connectivity index (χ1n) is 12.0. The van der Waals surface area contributed by atoms with Crippen LogP contribution < -0.4 is 10.9 Å². The van der Waals surface area contributed by atoms with Crippen molar-refractivity contribution in [2.75, 3.05) is 26.2 Å². The van der Waals surface area contributed by atoms with Gasteiger partial charge in [-0.2, -0.15) is 0 Å². The lowest BCUT2D eigenvalue weighted by atomic mass is 9.95. The summed E-state index contributed by atoms with van der Waals surface area (Å²) in [5.41, 5.74) is 9.72. The van der Waals surface area contributed by atoms with Crippen LogP contribution in [0, 0.1) is 11.8 Å². The van der Waals surface area contributed by atoms with Crippen LogP contribution in [0.3, 0.4) is 0 Å². The molecule has 3 atom stereocenters. The van der Waals surface area contributed by atoms with Gasteiger partial charge in [0.05, 0.1) is 5.92 Å². The van der Waals surface area contributed by atoms with Crippen molar-refractivity contribution in [3.05, 3.63) is 54.4 Å². The van der Waals surface area contributed by atoms with Gasteiger partial charge in [-0.05, 0) is 48.4 Å². The molecule has 1 aromatic heterocycles. The smallest absolute Gasteiger partial charge is 0.241 e. The topological polar surface area (TPSA) is 77.6 Å². The van der Waals surface area contributed by atoms with E-state index >= 15 is 0 Å². The molecule has 33 heavy (non-hydrogen) atoms. The second-order valence-electron chi connectivity index (χ2n) is 9.47. The molecule has 0 spiro atoms. The third kappa shape index (κ3) is 5.42. The Kier molecular flexibility index (Phi) is 7.40. The molecule has 7 heteroatoms. The number of pyridine rings is 1. The van der Waals surface area contributed by atoms with Gasteiger partial charge >= 0.3 is 0 Å². The molecule has 0 radical (unpaired) electrons. The molecule has 1 aromatic carbocycles. The normalized spacial score (nSPS) is 23.8. The highest BCUT2D eigenvalue weighted by Gasteiger charge is 2.37. The lowest BCUT2D eigenvalue weighted by molar-refractivity contribution is -0.135. The Morgan fingerprint density at radius 2 is 1.91 bits per heavy atom. The molecule has 4 rings (SSSR count). The molecule has 0 saturated carbocycles. The lowest BCUT2D eigenvalue weighted by Gasteiger charge is -2.26. The van der Waals surface area contributed by atoms with E-state index in [-0.39, 0.29) is 29.8 Å². The van der Waals surface area contributed by atoms with Gasteiger partial charge in [-0.1, -0.05) is 44.2 Å². The predicted molar refractivity (Wildman–Crippen MR) is 129 cm³/mol. The summed E-state index contributed by atoms with van der Waals surface area (Å²) in [5.74, 6) is 0.449. The highest BCUT2D eigenvalue weighted by atomic mass is 16.2. The minimum Gasteiger partial charge on any atom is -0.341 e.